The molecule has 198 valence electrons. The SMILES string of the molecule is C=CC(=O)Nc1ccc(OC)c(NC(=O)C(C(=O)C2(Cc3ccccc3)CC2)N2C(=O)OC(C)(C)C2=O)c1. The van der Waals surface area contributed by atoms with Crippen LogP contribution in [0, 0.1) is 5.41 Å². The summed E-state index contributed by atoms with van der Waals surface area (Å²) in [7, 11) is 1.39. The Kier molecular flexibility index (Phi) is 7.08. The molecule has 0 bridgehead atoms. The number of hydrogen-bond donors (Lipinski definition) is 2. The summed E-state index contributed by atoms with van der Waals surface area (Å²) >= 11 is 0. The van der Waals surface area contributed by atoms with Gasteiger partial charge in [-0.2, -0.15) is 0 Å². The van der Waals surface area contributed by atoms with Crippen LogP contribution in [0.2, 0.25) is 0 Å². The Morgan fingerprint density at radius 1 is 1.11 bits per heavy atom. The molecule has 4 amide bonds. The number of carbonyl (C=O) groups is 5. The maximum absolute atomic E-state index is 14.0. The van der Waals surface area contributed by atoms with Crippen LogP contribution in [-0.4, -0.2) is 53.3 Å². The summed E-state index contributed by atoms with van der Waals surface area (Å²) in [5, 5.41) is 5.20. The van der Waals surface area contributed by atoms with Crippen LogP contribution in [0.1, 0.15) is 32.3 Å². The molecule has 38 heavy (non-hydrogen) atoms. The van der Waals surface area contributed by atoms with Crippen molar-refractivity contribution in [2.75, 3.05) is 17.7 Å². The number of imide groups is 1. The molecule has 1 saturated heterocycles. The van der Waals surface area contributed by atoms with Gasteiger partial charge in [0, 0.05) is 11.1 Å². The van der Waals surface area contributed by atoms with Gasteiger partial charge in [-0.3, -0.25) is 19.2 Å². The van der Waals surface area contributed by atoms with E-state index in [-0.39, 0.29) is 11.4 Å². The molecule has 1 heterocycles. The van der Waals surface area contributed by atoms with Gasteiger partial charge in [0.05, 0.1) is 12.8 Å². The second-order valence-corrected chi connectivity index (χ2v) is 9.86. The number of methoxy groups -OCH3 is 1. The zero-order valence-corrected chi connectivity index (χ0v) is 21.4. The highest BCUT2D eigenvalue weighted by Crippen LogP contribution is 2.51. The Hall–Kier alpha value is -4.47. The van der Waals surface area contributed by atoms with Crippen molar-refractivity contribution < 1.29 is 33.4 Å². The summed E-state index contributed by atoms with van der Waals surface area (Å²) in [4.78, 5) is 66.0. The molecule has 2 N–H and O–H groups in total. The smallest absolute Gasteiger partial charge is 0.418 e. The molecule has 0 radical (unpaired) electrons. The summed E-state index contributed by atoms with van der Waals surface area (Å²) in [6, 6.07) is 12.1. The molecule has 10 nitrogen and oxygen atoms in total. The summed E-state index contributed by atoms with van der Waals surface area (Å²) in [6.07, 6.45) is 1.41. The fraction of sp³-hybridized carbons (Fsp3) is 0.321. The largest absolute Gasteiger partial charge is 0.495 e. The van der Waals surface area contributed by atoms with Crippen LogP contribution in [0.4, 0.5) is 16.2 Å². The molecule has 1 aliphatic heterocycles. The Morgan fingerprint density at radius 2 is 1.79 bits per heavy atom. The second kappa shape index (κ2) is 10.1. The van der Waals surface area contributed by atoms with Crippen LogP contribution in [0.3, 0.4) is 0 Å². The van der Waals surface area contributed by atoms with Crippen molar-refractivity contribution in [1.29, 1.82) is 0 Å². The number of ether oxygens (including phenoxy) is 2. The third-order valence-electron chi connectivity index (χ3n) is 6.70. The van der Waals surface area contributed by atoms with Gasteiger partial charge >= 0.3 is 6.09 Å². The van der Waals surface area contributed by atoms with Gasteiger partial charge in [-0.15, -0.1) is 0 Å². The van der Waals surface area contributed by atoms with E-state index in [1.807, 2.05) is 30.3 Å². The molecule has 0 aromatic heterocycles. The van der Waals surface area contributed by atoms with Gasteiger partial charge in [0.1, 0.15) is 5.75 Å². The Morgan fingerprint density at radius 3 is 2.34 bits per heavy atom. The average Bonchev–Trinajstić information content (AvgIpc) is 3.63. The van der Waals surface area contributed by atoms with E-state index in [1.54, 1.807) is 6.07 Å². The quantitative estimate of drug-likeness (QED) is 0.363. The maximum Gasteiger partial charge on any atom is 0.418 e. The van der Waals surface area contributed by atoms with Crippen molar-refractivity contribution in [3.8, 4) is 5.75 Å². The monoisotopic (exact) mass is 519 g/mol. The Balaban J connectivity index is 1.69. The number of nitrogens with zero attached hydrogens (tertiary/aromatic N) is 1. The molecule has 2 aliphatic rings. The van der Waals surface area contributed by atoms with E-state index >= 15 is 0 Å². The minimum absolute atomic E-state index is 0.129. The molecule has 2 aromatic rings. The molecule has 1 aliphatic carbocycles. The molecule has 2 fully saturated rings. The number of hydrogen-bond acceptors (Lipinski definition) is 7. The van der Waals surface area contributed by atoms with Gasteiger partial charge < -0.3 is 20.1 Å². The number of rotatable bonds is 10. The highest BCUT2D eigenvalue weighted by atomic mass is 16.6. The van der Waals surface area contributed by atoms with E-state index in [9.17, 15) is 24.0 Å². The number of ketones is 1. The first-order chi connectivity index (χ1) is 18.0. The number of benzene rings is 2. The number of cyclic esters (lactones) is 1. The zero-order valence-electron chi connectivity index (χ0n) is 21.4. The van der Waals surface area contributed by atoms with Gasteiger partial charge in [-0.1, -0.05) is 36.9 Å². The third-order valence-corrected chi connectivity index (χ3v) is 6.70. The lowest BCUT2D eigenvalue weighted by atomic mass is 9.87. The lowest BCUT2D eigenvalue weighted by Crippen LogP contribution is -2.55. The fourth-order valence-corrected chi connectivity index (χ4v) is 4.48. The van der Waals surface area contributed by atoms with Gasteiger partial charge in [0.25, 0.3) is 11.8 Å². The lowest BCUT2D eigenvalue weighted by molar-refractivity contribution is -0.144. The van der Waals surface area contributed by atoms with E-state index < -0.39 is 46.7 Å². The summed E-state index contributed by atoms with van der Waals surface area (Å²) in [6.45, 7) is 6.21. The highest BCUT2D eigenvalue weighted by molar-refractivity contribution is 6.19. The Labute approximate surface area is 220 Å². The fourth-order valence-electron chi connectivity index (χ4n) is 4.48. The van der Waals surface area contributed by atoms with E-state index in [0.717, 1.165) is 11.6 Å². The van der Waals surface area contributed by atoms with E-state index in [4.69, 9.17) is 9.47 Å². The second-order valence-electron chi connectivity index (χ2n) is 9.86. The maximum atomic E-state index is 14.0. The first kappa shape index (κ1) is 26.6. The van der Waals surface area contributed by atoms with Crippen LogP contribution in [0.5, 0.6) is 5.75 Å². The molecule has 0 spiro atoms. The van der Waals surface area contributed by atoms with Crippen molar-refractivity contribution in [1.82, 2.24) is 4.90 Å². The van der Waals surface area contributed by atoms with Crippen LogP contribution in [0.25, 0.3) is 0 Å². The molecule has 1 saturated carbocycles. The van der Waals surface area contributed by atoms with Gasteiger partial charge in [-0.05, 0) is 62.9 Å². The van der Waals surface area contributed by atoms with Crippen molar-refractivity contribution in [2.24, 2.45) is 5.41 Å². The standard InChI is InChI=1S/C28H29N3O7/c1-5-21(32)29-18-11-12-20(37-4)19(15-18)30-24(34)22(31-25(35)27(2,3)38-26(31)36)23(33)28(13-14-28)16-17-9-7-6-8-10-17/h5-12,15,22H,1,13-14,16H2,2-4H3,(H,29,32)(H,30,34). The topological polar surface area (TPSA) is 131 Å². The minimum atomic E-state index is -1.76. The molecule has 1 atom stereocenters. The molecular weight excluding hydrogens is 490 g/mol. The van der Waals surface area contributed by atoms with E-state index in [2.05, 4.69) is 17.2 Å². The molecular formula is C28H29N3O7. The predicted molar refractivity (Wildman–Crippen MR) is 138 cm³/mol. The third kappa shape index (κ3) is 5.15. The minimum Gasteiger partial charge on any atom is -0.495 e. The van der Waals surface area contributed by atoms with Crippen molar-refractivity contribution in [3.05, 3.63) is 66.7 Å². The van der Waals surface area contributed by atoms with Crippen molar-refractivity contribution in [3.63, 3.8) is 0 Å². The number of nitrogens with one attached hydrogen (secondary N) is 2. The van der Waals surface area contributed by atoms with Crippen molar-refractivity contribution >= 4 is 41.0 Å². The van der Waals surface area contributed by atoms with E-state index in [0.29, 0.717) is 29.8 Å². The summed E-state index contributed by atoms with van der Waals surface area (Å²) < 4.78 is 10.5. The van der Waals surface area contributed by atoms with Crippen LogP contribution >= 0.6 is 0 Å². The molecule has 1 unspecified atom stereocenters. The normalized spacial score (nSPS) is 17.7. The molecule has 2 aromatic carbocycles. The van der Waals surface area contributed by atoms with Crippen LogP contribution < -0.4 is 15.4 Å². The lowest BCUT2D eigenvalue weighted by Gasteiger charge is -2.27. The number of carbonyl (C=O) groups excluding carboxylic acids is 5. The zero-order chi connectivity index (χ0) is 27.7. The first-order valence-electron chi connectivity index (χ1n) is 12.1. The number of anilines is 2. The summed E-state index contributed by atoms with van der Waals surface area (Å²) in [5.74, 6) is -2.46. The first-order valence-corrected chi connectivity index (χ1v) is 12.1. The Bertz CT molecular complexity index is 1310. The highest BCUT2D eigenvalue weighted by Gasteiger charge is 2.60. The van der Waals surface area contributed by atoms with Crippen LogP contribution in [0.15, 0.2) is 61.2 Å². The predicted octanol–water partition coefficient (Wildman–Crippen LogP) is 3.48. The summed E-state index contributed by atoms with van der Waals surface area (Å²) in [5.41, 5.74) is -1.07. The molecule has 4 rings (SSSR count). The van der Waals surface area contributed by atoms with Crippen LogP contribution in [-0.2, 0) is 30.3 Å². The number of amides is 4. The van der Waals surface area contributed by atoms with Gasteiger partial charge in [0.15, 0.2) is 17.4 Å². The van der Waals surface area contributed by atoms with Gasteiger partial charge in [0.2, 0.25) is 5.91 Å². The molecule has 10 heteroatoms. The van der Waals surface area contributed by atoms with Gasteiger partial charge in [-0.25, -0.2) is 9.69 Å². The van der Waals surface area contributed by atoms with E-state index in [1.165, 1.54) is 33.1 Å². The number of Topliss-reactive ketones (excluding diaryl/α,β-unsaturated/α-hetero) is 1. The average molecular weight is 520 g/mol. The van der Waals surface area contributed by atoms with Crippen molar-refractivity contribution in [2.45, 2.75) is 44.8 Å².